The number of ether oxygens (including phenoxy) is 2. The minimum atomic E-state index is -0.575. The number of rotatable bonds is 7. The molecule has 3 aromatic carbocycles. The van der Waals surface area contributed by atoms with Crippen molar-refractivity contribution in [1.82, 2.24) is 4.90 Å². The summed E-state index contributed by atoms with van der Waals surface area (Å²) in [6.45, 7) is 2.44. The van der Waals surface area contributed by atoms with Crippen molar-refractivity contribution in [1.29, 1.82) is 0 Å². The van der Waals surface area contributed by atoms with E-state index in [-0.39, 0.29) is 30.5 Å². The summed E-state index contributed by atoms with van der Waals surface area (Å²) >= 11 is 5.85. The summed E-state index contributed by atoms with van der Waals surface area (Å²) in [6, 6.07) is 19.8. The van der Waals surface area contributed by atoms with Crippen LogP contribution in [0.25, 0.3) is 0 Å². The monoisotopic (exact) mass is 482 g/mol. The van der Waals surface area contributed by atoms with Gasteiger partial charge in [0.1, 0.15) is 24.8 Å². The van der Waals surface area contributed by atoms with Gasteiger partial charge >= 0.3 is 5.97 Å². The summed E-state index contributed by atoms with van der Waals surface area (Å²) < 4.78 is 24.1. The van der Waals surface area contributed by atoms with Crippen molar-refractivity contribution < 1.29 is 23.5 Å². The highest BCUT2D eigenvalue weighted by molar-refractivity contribution is 6.30. The Labute approximate surface area is 202 Å². The zero-order valence-corrected chi connectivity index (χ0v) is 19.2. The fraction of sp³-hybridized carbons (Fsp3) is 0.231. The number of nitrogens with zero attached hydrogens (tertiary/aromatic N) is 2. The van der Waals surface area contributed by atoms with Gasteiger partial charge in [-0.2, -0.15) is 0 Å². The van der Waals surface area contributed by atoms with Crippen molar-refractivity contribution in [3.8, 4) is 5.75 Å². The molecule has 1 aliphatic heterocycles. The van der Waals surface area contributed by atoms with Gasteiger partial charge in [-0.05, 0) is 60.7 Å². The zero-order valence-electron chi connectivity index (χ0n) is 18.5. The molecule has 0 N–H and O–H groups in total. The van der Waals surface area contributed by atoms with Gasteiger partial charge < -0.3 is 19.3 Å². The number of hydrogen-bond donors (Lipinski definition) is 0. The summed E-state index contributed by atoms with van der Waals surface area (Å²) in [5.74, 6) is -0.453. The SMILES string of the molecule is O=C(OCCOc1ccc(Cl)cc1)c1ccccc1C(=O)N1CCN(c2ccc(F)cc2)CC1. The van der Waals surface area contributed by atoms with Crippen molar-refractivity contribution >= 4 is 29.2 Å². The second kappa shape index (κ2) is 11.0. The highest BCUT2D eigenvalue weighted by Gasteiger charge is 2.26. The van der Waals surface area contributed by atoms with Gasteiger partial charge in [0.05, 0.1) is 11.1 Å². The molecule has 1 aliphatic rings. The highest BCUT2D eigenvalue weighted by atomic mass is 35.5. The van der Waals surface area contributed by atoms with Crippen LogP contribution >= 0.6 is 11.6 Å². The molecule has 0 aliphatic carbocycles. The van der Waals surface area contributed by atoms with E-state index in [1.807, 2.05) is 0 Å². The van der Waals surface area contributed by atoms with Crippen molar-refractivity contribution in [2.75, 3.05) is 44.3 Å². The standard InChI is InChI=1S/C26H24ClFN2O4/c27-19-5-11-22(12-6-19)33-17-18-34-26(32)24-4-2-1-3-23(24)25(31)30-15-13-29(14-16-30)21-9-7-20(28)8-10-21/h1-12H,13-18H2. The average molecular weight is 483 g/mol. The molecule has 3 aromatic rings. The first-order chi connectivity index (χ1) is 16.5. The highest BCUT2D eigenvalue weighted by Crippen LogP contribution is 2.20. The molecule has 0 aromatic heterocycles. The number of carbonyl (C=O) groups excluding carboxylic acids is 2. The van der Waals surface area contributed by atoms with Crippen molar-refractivity contribution in [3.63, 3.8) is 0 Å². The fourth-order valence-electron chi connectivity index (χ4n) is 3.74. The number of halogens is 2. The van der Waals surface area contributed by atoms with Gasteiger partial charge in [-0.25, -0.2) is 9.18 Å². The summed E-state index contributed by atoms with van der Waals surface area (Å²) in [4.78, 5) is 29.7. The van der Waals surface area contributed by atoms with E-state index in [1.165, 1.54) is 12.1 Å². The molecule has 34 heavy (non-hydrogen) atoms. The number of anilines is 1. The molecule has 1 amide bonds. The Bertz CT molecular complexity index is 1130. The molecule has 0 atom stereocenters. The van der Waals surface area contributed by atoms with Crippen LogP contribution in [-0.4, -0.2) is 56.2 Å². The Kier molecular flexibility index (Phi) is 7.65. The largest absolute Gasteiger partial charge is 0.490 e. The summed E-state index contributed by atoms with van der Waals surface area (Å²) in [7, 11) is 0. The van der Waals surface area contributed by atoms with Crippen LogP contribution in [0, 0.1) is 5.82 Å². The number of benzene rings is 3. The maximum Gasteiger partial charge on any atom is 0.339 e. The van der Waals surface area contributed by atoms with Gasteiger partial charge in [-0.3, -0.25) is 4.79 Å². The number of esters is 1. The predicted molar refractivity (Wildman–Crippen MR) is 128 cm³/mol. The smallest absolute Gasteiger partial charge is 0.339 e. The van der Waals surface area contributed by atoms with Crippen LogP contribution in [0.1, 0.15) is 20.7 Å². The number of piperazine rings is 1. The Morgan fingerprint density at radius 2 is 1.47 bits per heavy atom. The van der Waals surface area contributed by atoms with E-state index in [4.69, 9.17) is 21.1 Å². The third-order valence-electron chi connectivity index (χ3n) is 5.53. The molecule has 1 fully saturated rings. The normalized spacial score (nSPS) is 13.5. The first kappa shape index (κ1) is 23.6. The lowest BCUT2D eigenvalue weighted by atomic mass is 10.1. The molecule has 4 rings (SSSR count). The summed E-state index contributed by atoms with van der Waals surface area (Å²) in [5, 5.41) is 0.608. The lowest BCUT2D eigenvalue weighted by Gasteiger charge is -2.36. The molecule has 0 unspecified atom stereocenters. The van der Waals surface area contributed by atoms with Crippen LogP contribution in [0.2, 0.25) is 5.02 Å². The molecule has 0 saturated carbocycles. The molecule has 0 spiro atoms. The number of amides is 1. The Hall–Kier alpha value is -3.58. The fourth-order valence-corrected chi connectivity index (χ4v) is 3.87. The zero-order chi connectivity index (χ0) is 23.9. The number of hydrogen-bond acceptors (Lipinski definition) is 5. The van der Waals surface area contributed by atoms with Gasteiger partial charge in [0.25, 0.3) is 5.91 Å². The van der Waals surface area contributed by atoms with Crippen LogP contribution in [0.4, 0.5) is 10.1 Å². The van der Waals surface area contributed by atoms with E-state index in [0.29, 0.717) is 42.5 Å². The van der Waals surface area contributed by atoms with Crippen LogP contribution in [0.15, 0.2) is 72.8 Å². The maximum absolute atomic E-state index is 13.2. The van der Waals surface area contributed by atoms with E-state index in [9.17, 15) is 14.0 Å². The first-order valence-corrected chi connectivity index (χ1v) is 11.3. The van der Waals surface area contributed by atoms with Gasteiger partial charge in [-0.15, -0.1) is 0 Å². The molecular formula is C26H24ClFN2O4. The lowest BCUT2D eigenvalue weighted by molar-refractivity contribution is 0.0444. The topological polar surface area (TPSA) is 59.1 Å². The average Bonchev–Trinajstić information content (AvgIpc) is 2.88. The first-order valence-electron chi connectivity index (χ1n) is 11.0. The minimum absolute atomic E-state index is 0.0420. The number of carbonyl (C=O) groups is 2. The third kappa shape index (κ3) is 5.85. The molecule has 0 bridgehead atoms. The van der Waals surface area contributed by atoms with Gasteiger partial charge in [0.15, 0.2) is 0 Å². The van der Waals surface area contributed by atoms with Crippen molar-refractivity contribution in [3.05, 3.63) is 94.8 Å². The van der Waals surface area contributed by atoms with Gasteiger partial charge in [-0.1, -0.05) is 23.7 Å². The molecule has 1 heterocycles. The molecule has 6 nitrogen and oxygen atoms in total. The molecule has 176 valence electrons. The Morgan fingerprint density at radius 1 is 0.824 bits per heavy atom. The van der Waals surface area contributed by atoms with Crippen molar-refractivity contribution in [2.24, 2.45) is 0 Å². The maximum atomic E-state index is 13.2. The van der Waals surface area contributed by atoms with Gasteiger partial charge in [0, 0.05) is 36.9 Å². The second-order valence-electron chi connectivity index (χ2n) is 7.74. The van der Waals surface area contributed by atoms with E-state index < -0.39 is 5.97 Å². The Morgan fingerprint density at radius 3 is 2.15 bits per heavy atom. The van der Waals surface area contributed by atoms with E-state index in [1.54, 1.807) is 65.6 Å². The van der Waals surface area contributed by atoms with Crippen LogP contribution < -0.4 is 9.64 Å². The lowest BCUT2D eigenvalue weighted by Crippen LogP contribution is -2.49. The van der Waals surface area contributed by atoms with E-state index in [2.05, 4.69) is 4.90 Å². The summed E-state index contributed by atoms with van der Waals surface area (Å²) in [5.41, 5.74) is 1.44. The van der Waals surface area contributed by atoms with Crippen LogP contribution in [0.3, 0.4) is 0 Å². The van der Waals surface area contributed by atoms with Crippen molar-refractivity contribution in [2.45, 2.75) is 0 Å². The minimum Gasteiger partial charge on any atom is -0.490 e. The van der Waals surface area contributed by atoms with Crippen LogP contribution in [0.5, 0.6) is 5.75 Å². The predicted octanol–water partition coefficient (Wildman–Crippen LogP) is 4.68. The molecule has 0 radical (unpaired) electrons. The van der Waals surface area contributed by atoms with E-state index >= 15 is 0 Å². The molecular weight excluding hydrogens is 459 g/mol. The van der Waals surface area contributed by atoms with Crippen LogP contribution in [-0.2, 0) is 4.74 Å². The second-order valence-corrected chi connectivity index (χ2v) is 8.18. The molecule has 8 heteroatoms. The summed E-state index contributed by atoms with van der Waals surface area (Å²) in [6.07, 6.45) is 0. The third-order valence-corrected chi connectivity index (χ3v) is 5.79. The molecule has 1 saturated heterocycles. The Balaban J connectivity index is 1.32. The van der Waals surface area contributed by atoms with E-state index in [0.717, 1.165) is 5.69 Å². The van der Waals surface area contributed by atoms with Gasteiger partial charge in [0.2, 0.25) is 0 Å². The quantitative estimate of drug-likeness (QED) is 0.361.